The summed E-state index contributed by atoms with van der Waals surface area (Å²) < 4.78 is 66.8. The van der Waals surface area contributed by atoms with Crippen molar-refractivity contribution in [3.63, 3.8) is 0 Å². The van der Waals surface area contributed by atoms with Crippen LogP contribution >= 0.6 is 0 Å². The Labute approximate surface area is 342 Å². The highest BCUT2D eigenvalue weighted by Gasteiger charge is 2.12. The minimum atomic E-state index is 0.373. The van der Waals surface area contributed by atoms with E-state index in [-0.39, 0.29) is 0 Å². The Morgan fingerprint density at radius 1 is 0.286 bits per heavy atom. The van der Waals surface area contributed by atoms with Crippen molar-refractivity contribution in [2.75, 3.05) is 165 Å². The molecule has 336 valence electrons. The fourth-order valence-corrected chi connectivity index (χ4v) is 5.94. The monoisotopic (exact) mass is 810 g/mol. The molecule has 0 spiro atoms. The summed E-state index contributed by atoms with van der Waals surface area (Å²) in [6.45, 7) is 17.4. The Bertz CT molecular complexity index is 708. The summed E-state index contributed by atoms with van der Waals surface area (Å²) in [7, 11) is 0. The zero-order chi connectivity index (χ0) is 39.8. The molecule has 0 radical (unpaired) electrons. The van der Waals surface area contributed by atoms with Crippen molar-refractivity contribution in [2.45, 2.75) is 116 Å². The van der Waals surface area contributed by atoms with Gasteiger partial charge in [0.05, 0.1) is 151 Å². The Kier molecular flexibility index (Phi) is 46.7. The number of unbranched alkanes of at least 4 members (excludes halogenated alkanes) is 13. The molecule has 0 amide bonds. The zero-order valence-electron chi connectivity index (χ0n) is 36.0. The van der Waals surface area contributed by atoms with Crippen LogP contribution in [0.1, 0.15) is 110 Å². The van der Waals surface area contributed by atoms with Gasteiger partial charge in [-0.2, -0.15) is 0 Å². The molecule has 56 heavy (non-hydrogen) atoms. The van der Waals surface area contributed by atoms with Gasteiger partial charge in [-0.25, -0.2) is 0 Å². The van der Waals surface area contributed by atoms with Crippen LogP contribution in [0.3, 0.4) is 0 Å². The van der Waals surface area contributed by atoms with Gasteiger partial charge in [-0.3, -0.25) is 0 Å². The smallest absolute Gasteiger partial charge is 0.0704 e. The second-order valence-corrected chi connectivity index (χ2v) is 14.2. The van der Waals surface area contributed by atoms with Gasteiger partial charge in [-0.1, -0.05) is 90.4 Å². The van der Waals surface area contributed by atoms with E-state index >= 15 is 0 Å². The van der Waals surface area contributed by atoms with Crippen LogP contribution in [-0.4, -0.2) is 171 Å². The second-order valence-electron chi connectivity index (χ2n) is 14.2. The van der Waals surface area contributed by atoms with E-state index in [1.165, 1.54) is 83.5 Å². The lowest BCUT2D eigenvalue weighted by Crippen LogP contribution is -2.33. The Hall–Kier alpha value is -0.520. The van der Waals surface area contributed by atoms with E-state index in [0.717, 1.165) is 39.0 Å². The van der Waals surface area contributed by atoms with Gasteiger partial charge in [0.15, 0.2) is 0 Å². The molecule has 1 saturated heterocycles. The van der Waals surface area contributed by atoms with Crippen LogP contribution in [0.2, 0.25) is 0 Å². The number of hydrogen-bond acceptors (Lipinski definition) is 13. The van der Waals surface area contributed by atoms with Crippen molar-refractivity contribution in [3.8, 4) is 0 Å². The highest BCUT2D eigenvalue weighted by Crippen LogP contribution is 2.13. The fourth-order valence-electron chi connectivity index (χ4n) is 5.94. The maximum Gasteiger partial charge on any atom is 0.0704 e. The van der Waals surface area contributed by atoms with E-state index in [9.17, 15) is 0 Å². The van der Waals surface area contributed by atoms with Gasteiger partial charge >= 0.3 is 0 Å². The van der Waals surface area contributed by atoms with Gasteiger partial charge in [0.1, 0.15) is 0 Å². The van der Waals surface area contributed by atoms with Crippen molar-refractivity contribution >= 4 is 0 Å². The van der Waals surface area contributed by atoms with Crippen LogP contribution in [-0.2, 0) is 56.8 Å². The molecule has 1 aliphatic heterocycles. The van der Waals surface area contributed by atoms with Crippen molar-refractivity contribution in [1.29, 1.82) is 0 Å². The minimum Gasteiger partial charge on any atom is -0.379 e. The lowest BCUT2D eigenvalue weighted by atomic mass is 10.0. The number of nitrogens with one attached hydrogen (secondary N) is 1. The summed E-state index contributed by atoms with van der Waals surface area (Å²) in [4.78, 5) is 0. The average Bonchev–Trinajstić information content (AvgIpc) is 3.22. The standard InChI is InChI=1S/C43H87NO12/c1-2-3-4-5-6-7-8-9-10-11-12-13-14-15-20-45-21-22-46-23-24-47-25-26-48-27-28-49-29-30-50-31-32-51-33-34-52-35-36-53-37-38-54-39-40-55-41-42-56-43-16-18-44-19-17-43/h43-44H,2-42H2,1H3. The molecule has 0 aromatic rings. The second kappa shape index (κ2) is 48.8. The maximum absolute atomic E-state index is 5.80. The Balaban J connectivity index is 1.59. The molecule has 1 N–H and O–H groups in total. The number of rotatable bonds is 49. The predicted molar refractivity (Wildman–Crippen MR) is 221 cm³/mol. The predicted octanol–water partition coefficient (Wildman–Crippen LogP) is 6.42. The molecule has 0 unspecified atom stereocenters. The van der Waals surface area contributed by atoms with Crippen molar-refractivity contribution in [2.24, 2.45) is 0 Å². The summed E-state index contributed by atoms with van der Waals surface area (Å²) in [6, 6.07) is 0. The minimum absolute atomic E-state index is 0.373. The molecule has 0 atom stereocenters. The molecular formula is C43H87NO12. The molecule has 0 bridgehead atoms. The molecule has 13 nitrogen and oxygen atoms in total. The lowest BCUT2D eigenvalue weighted by molar-refractivity contribution is -0.0326. The molecular weight excluding hydrogens is 722 g/mol. The van der Waals surface area contributed by atoms with E-state index in [2.05, 4.69) is 12.2 Å². The molecule has 0 aromatic carbocycles. The maximum atomic E-state index is 5.80. The summed E-state index contributed by atoms with van der Waals surface area (Å²) in [6.07, 6.45) is 21.8. The summed E-state index contributed by atoms with van der Waals surface area (Å²) >= 11 is 0. The van der Waals surface area contributed by atoms with Crippen LogP contribution in [0.25, 0.3) is 0 Å². The van der Waals surface area contributed by atoms with Crippen molar-refractivity contribution in [1.82, 2.24) is 5.32 Å². The summed E-state index contributed by atoms with van der Waals surface area (Å²) in [5, 5.41) is 3.33. The van der Waals surface area contributed by atoms with E-state index in [1.807, 2.05) is 0 Å². The number of piperidine rings is 1. The molecule has 13 heteroatoms. The molecule has 0 saturated carbocycles. The van der Waals surface area contributed by atoms with Crippen molar-refractivity contribution in [3.05, 3.63) is 0 Å². The van der Waals surface area contributed by atoms with Gasteiger partial charge in [0, 0.05) is 6.61 Å². The molecule has 0 aliphatic carbocycles. The third-order valence-electron chi connectivity index (χ3n) is 9.23. The fraction of sp³-hybridized carbons (Fsp3) is 1.00. The topological polar surface area (TPSA) is 123 Å². The Morgan fingerprint density at radius 2 is 0.518 bits per heavy atom. The van der Waals surface area contributed by atoms with Crippen LogP contribution in [0.4, 0.5) is 0 Å². The summed E-state index contributed by atoms with van der Waals surface area (Å²) in [5.74, 6) is 0. The van der Waals surface area contributed by atoms with E-state index in [0.29, 0.717) is 151 Å². The van der Waals surface area contributed by atoms with Gasteiger partial charge in [0.2, 0.25) is 0 Å². The average molecular weight is 810 g/mol. The highest BCUT2D eigenvalue weighted by atomic mass is 16.6. The van der Waals surface area contributed by atoms with Gasteiger partial charge < -0.3 is 62.2 Å². The first kappa shape index (κ1) is 53.5. The number of hydrogen-bond donors (Lipinski definition) is 1. The van der Waals surface area contributed by atoms with Crippen LogP contribution < -0.4 is 5.32 Å². The van der Waals surface area contributed by atoms with Gasteiger partial charge in [0.25, 0.3) is 0 Å². The van der Waals surface area contributed by atoms with Crippen LogP contribution in [0, 0.1) is 0 Å². The van der Waals surface area contributed by atoms with E-state index in [1.54, 1.807) is 0 Å². The zero-order valence-corrected chi connectivity index (χ0v) is 36.0. The molecule has 1 fully saturated rings. The third kappa shape index (κ3) is 44.6. The third-order valence-corrected chi connectivity index (χ3v) is 9.23. The Morgan fingerprint density at radius 3 is 0.804 bits per heavy atom. The lowest BCUT2D eigenvalue weighted by Gasteiger charge is -2.22. The van der Waals surface area contributed by atoms with Crippen LogP contribution in [0.15, 0.2) is 0 Å². The SMILES string of the molecule is CCCCCCCCCCCCCCCCOCCOCCOCCOCCOCCOCCOCCOCCOCCOCCOCCOC1CCNCC1. The molecule has 1 heterocycles. The van der Waals surface area contributed by atoms with Crippen LogP contribution in [0.5, 0.6) is 0 Å². The molecule has 0 aromatic heterocycles. The van der Waals surface area contributed by atoms with Gasteiger partial charge in [-0.05, 0) is 32.4 Å². The quantitative estimate of drug-likeness (QED) is 0.0682. The first-order valence-corrected chi connectivity index (χ1v) is 22.6. The number of ether oxygens (including phenoxy) is 12. The first-order valence-electron chi connectivity index (χ1n) is 22.6. The first-order chi connectivity index (χ1) is 27.9. The largest absolute Gasteiger partial charge is 0.379 e. The van der Waals surface area contributed by atoms with Crippen molar-refractivity contribution < 1.29 is 56.8 Å². The normalized spacial score (nSPS) is 13.7. The molecule has 1 aliphatic rings. The van der Waals surface area contributed by atoms with Gasteiger partial charge in [-0.15, -0.1) is 0 Å². The van der Waals surface area contributed by atoms with E-state index in [4.69, 9.17) is 56.8 Å². The highest BCUT2D eigenvalue weighted by molar-refractivity contribution is 4.67. The van der Waals surface area contributed by atoms with E-state index < -0.39 is 0 Å². The summed E-state index contributed by atoms with van der Waals surface area (Å²) in [5.41, 5.74) is 0. The molecule has 1 rings (SSSR count).